The van der Waals surface area contributed by atoms with Gasteiger partial charge >= 0.3 is 0 Å². The first kappa shape index (κ1) is 22.1. The van der Waals surface area contributed by atoms with Crippen LogP contribution in [0.15, 0.2) is 54.7 Å². The molecule has 0 aliphatic heterocycles. The fourth-order valence-electron chi connectivity index (χ4n) is 2.89. The minimum Gasteiger partial charge on any atom is -0.493 e. The normalized spacial score (nSPS) is 11.5. The van der Waals surface area contributed by atoms with Crippen molar-refractivity contribution in [1.82, 2.24) is 14.8 Å². The molecule has 7 nitrogen and oxygen atoms in total. The average Bonchev–Trinajstić information content (AvgIpc) is 3.18. The van der Waals surface area contributed by atoms with Crippen LogP contribution < -0.4 is 14.8 Å². The van der Waals surface area contributed by atoms with E-state index in [0.29, 0.717) is 29.7 Å². The lowest BCUT2D eigenvalue weighted by Gasteiger charge is -2.13. The molecule has 2 aromatic heterocycles. The van der Waals surface area contributed by atoms with Gasteiger partial charge in [-0.2, -0.15) is 9.78 Å². The van der Waals surface area contributed by atoms with Gasteiger partial charge in [-0.15, -0.1) is 0 Å². The number of carbonyl (C=O) groups is 1. The smallest absolute Gasteiger partial charge is 0.249 e. The van der Waals surface area contributed by atoms with Crippen LogP contribution >= 0.6 is 0 Å². The van der Waals surface area contributed by atoms with E-state index in [1.807, 2.05) is 49.4 Å². The first-order valence-corrected chi connectivity index (χ1v) is 10.1. The molecule has 0 aliphatic rings. The number of hydrogen-bond acceptors (Lipinski definition) is 5. The lowest BCUT2D eigenvalue weighted by molar-refractivity contribution is -0.111. The summed E-state index contributed by atoms with van der Waals surface area (Å²) in [7, 11) is 1.59. The van der Waals surface area contributed by atoms with Crippen molar-refractivity contribution >= 4 is 17.8 Å². The molecule has 2 heterocycles. The number of pyridine rings is 1. The Morgan fingerprint density at radius 2 is 1.97 bits per heavy atom. The van der Waals surface area contributed by atoms with Crippen LogP contribution in [0, 0.1) is 0 Å². The first-order chi connectivity index (χ1) is 14.8. The Bertz CT molecular complexity index is 1070. The fraction of sp³-hybridized carbons (Fsp3) is 0.292. The topological polar surface area (TPSA) is 78.3 Å². The summed E-state index contributed by atoms with van der Waals surface area (Å²) in [5, 5.41) is 7.57. The molecule has 0 fully saturated rings. The molecule has 1 N–H and O–H groups in total. The molecule has 1 aromatic carbocycles. The average molecular weight is 421 g/mol. The molecule has 0 radical (unpaired) electrons. The minimum absolute atomic E-state index is 0.172. The number of aromatic nitrogens is 3. The van der Waals surface area contributed by atoms with Crippen LogP contribution in [-0.2, 0) is 10.2 Å². The maximum Gasteiger partial charge on any atom is 0.249 e. The maximum atomic E-state index is 12.6. The maximum absolute atomic E-state index is 12.6. The van der Waals surface area contributed by atoms with Gasteiger partial charge in [0.2, 0.25) is 5.91 Å². The number of nitrogens with zero attached hydrogens (tertiary/aromatic N) is 3. The van der Waals surface area contributed by atoms with Crippen molar-refractivity contribution < 1.29 is 14.3 Å². The number of ether oxygens (including phenoxy) is 2. The second-order valence-corrected chi connectivity index (χ2v) is 7.93. The van der Waals surface area contributed by atoms with E-state index in [4.69, 9.17) is 9.47 Å². The van der Waals surface area contributed by atoms with Gasteiger partial charge in [0.15, 0.2) is 17.3 Å². The van der Waals surface area contributed by atoms with Crippen LogP contribution in [0.3, 0.4) is 0 Å². The zero-order valence-corrected chi connectivity index (χ0v) is 18.5. The van der Waals surface area contributed by atoms with E-state index < -0.39 is 0 Å². The molecule has 162 valence electrons. The molecule has 31 heavy (non-hydrogen) atoms. The van der Waals surface area contributed by atoms with Gasteiger partial charge in [-0.1, -0.05) is 32.9 Å². The van der Waals surface area contributed by atoms with Crippen LogP contribution in [0.4, 0.5) is 5.82 Å². The Labute approximate surface area is 182 Å². The van der Waals surface area contributed by atoms with Crippen molar-refractivity contribution in [1.29, 1.82) is 0 Å². The van der Waals surface area contributed by atoms with E-state index in [0.717, 1.165) is 11.3 Å². The Balaban J connectivity index is 1.82. The summed E-state index contributed by atoms with van der Waals surface area (Å²) in [5.74, 6) is 2.20. The highest BCUT2D eigenvalue weighted by atomic mass is 16.5. The van der Waals surface area contributed by atoms with Crippen molar-refractivity contribution in [2.24, 2.45) is 0 Å². The summed E-state index contributed by atoms with van der Waals surface area (Å²) in [5.41, 5.74) is 1.51. The van der Waals surface area contributed by atoms with Crippen LogP contribution in [-0.4, -0.2) is 34.4 Å². The third-order valence-corrected chi connectivity index (χ3v) is 4.51. The highest BCUT2D eigenvalue weighted by molar-refractivity contribution is 6.01. The summed E-state index contributed by atoms with van der Waals surface area (Å²) in [6.45, 7) is 8.68. The van der Waals surface area contributed by atoms with Crippen LogP contribution in [0.5, 0.6) is 11.5 Å². The Morgan fingerprint density at radius 1 is 1.16 bits per heavy atom. The summed E-state index contributed by atoms with van der Waals surface area (Å²) in [4.78, 5) is 17.0. The lowest BCUT2D eigenvalue weighted by Crippen LogP contribution is -2.13. The molecule has 3 rings (SSSR count). The number of rotatable bonds is 7. The predicted molar refractivity (Wildman–Crippen MR) is 122 cm³/mol. The second kappa shape index (κ2) is 9.47. The number of methoxy groups -OCH3 is 1. The molecule has 7 heteroatoms. The molecular weight excluding hydrogens is 392 g/mol. The molecule has 0 aliphatic carbocycles. The van der Waals surface area contributed by atoms with Gasteiger partial charge in [0, 0.05) is 23.8 Å². The van der Waals surface area contributed by atoms with Crippen LogP contribution in [0.1, 0.15) is 39.0 Å². The number of anilines is 1. The molecular formula is C24H28N4O3. The third kappa shape index (κ3) is 5.51. The van der Waals surface area contributed by atoms with E-state index in [-0.39, 0.29) is 11.3 Å². The van der Waals surface area contributed by atoms with Crippen molar-refractivity contribution in [3.63, 3.8) is 0 Å². The van der Waals surface area contributed by atoms with Crippen LogP contribution in [0.2, 0.25) is 0 Å². The van der Waals surface area contributed by atoms with Gasteiger partial charge in [0.05, 0.1) is 19.4 Å². The Hall–Kier alpha value is -3.61. The predicted octanol–water partition coefficient (Wildman–Crippen LogP) is 4.62. The standard InChI is InChI=1S/C24H28N4O3/c1-6-31-18-12-10-17(15-19(18)30-5)11-13-23(29)26-22-16-20(24(2,3)4)27-28(22)21-9-7-8-14-25-21/h7-16H,6H2,1-5H3,(H,26,29)/b13-11+. The summed E-state index contributed by atoms with van der Waals surface area (Å²) < 4.78 is 12.5. The van der Waals surface area contributed by atoms with E-state index in [1.54, 1.807) is 24.1 Å². The monoisotopic (exact) mass is 420 g/mol. The minimum atomic E-state index is -0.273. The largest absolute Gasteiger partial charge is 0.493 e. The molecule has 0 atom stereocenters. The Morgan fingerprint density at radius 3 is 2.61 bits per heavy atom. The van der Waals surface area contributed by atoms with E-state index in [9.17, 15) is 4.79 Å². The SMILES string of the molecule is CCOc1ccc(/C=C/C(=O)Nc2cc(C(C)(C)C)nn2-c2ccccn2)cc1OC. The zero-order valence-electron chi connectivity index (χ0n) is 18.5. The molecule has 0 saturated heterocycles. The fourth-order valence-corrected chi connectivity index (χ4v) is 2.89. The number of nitrogens with one attached hydrogen (secondary N) is 1. The lowest BCUT2D eigenvalue weighted by atomic mass is 9.92. The van der Waals surface area contributed by atoms with Gasteiger partial charge < -0.3 is 14.8 Å². The van der Waals surface area contributed by atoms with E-state index >= 15 is 0 Å². The van der Waals surface area contributed by atoms with Crippen LogP contribution in [0.25, 0.3) is 11.9 Å². The molecule has 0 bridgehead atoms. The summed E-state index contributed by atoms with van der Waals surface area (Å²) >= 11 is 0. The van der Waals surface area contributed by atoms with Gasteiger partial charge in [-0.05, 0) is 42.8 Å². The highest BCUT2D eigenvalue weighted by Crippen LogP contribution is 2.29. The number of benzene rings is 1. The zero-order chi connectivity index (χ0) is 22.4. The van der Waals surface area contributed by atoms with Gasteiger partial charge in [0.25, 0.3) is 0 Å². The molecule has 0 spiro atoms. The van der Waals surface area contributed by atoms with Crippen molar-refractivity contribution in [3.05, 3.63) is 66.0 Å². The second-order valence-electron chi connectivity index (χ2n) is 7.93. The first-order valence-electron chi connectivity index (χ1n) is 10.1. The van der Waals surface area contributed by atoms with Gasteiger partial charge in [-0.25, -0.2) is 4.98 Å². The molecule has 0 saturated carbocycles. The highest BCUT2D eigenvalue weighted by Gasteiger charge is 2.21. The van der Waals surface area contributed by atoms with Gasteiger partial charge in [-0.3, -0.25) is 4.79 Å². The van der Waals surface area contributed by atoms with Crippen molar-refractivity contribution in [3.8, 4) is 17.3 Å². The van der Waals surface area contributed by atoms with Crippen molar-refractivity contribution in [2.75, 3.05) is 19.0 Å². The quantitative estimate of drug-likeness (QED) is 0.564. The molecule has 0 unspecified atom stereocenters. The number of hydrogen-bond donors (Lipinski definition) is 1. The third-order valence-electron chi connectivity index (χ3n) is 4.51. The van der Waals surface area contributed by atoms with E-state index in [1.165, 1.54) is 6.08 Å². The summed E-state index contributed by atoms with van der Waals surface area (Å²) in [6.07, 6.45) is 4.89. The molecule has 1 amide bonds. The number of carbonyl (C=O) groups excluding carboxylic acids is 1. The number of amides is 1. The van der Waals surface area contributed by atoms with Crippen molar-refractivity contribution in [2.45, 2.75) is 33.1 Å². The van der Waals surface area contributed by atoms with Gasteiger partial charge in [0.1, 0.15) is 5.82 Å². The Kier molecular flexibility index (Phi) is 6.74. The van der Waals surface area contributed by atoms with E-state index in [2.05, 4.69) is 36.2 Å². The molecule has 3 aromatic rings. The summed E-state index contributed by atoms with van der Waals surface area (Å²) in [6, 6.07) is 13.0.